The summed E-state index contributed by atoms with van der Waals surface area (Å²) < 4.78 is 19.2. The van der Waals surface area contributed by atoms with Crippen molar-refractivity contribution in [1.82, 2.24) is 5.32 Å². The van der Waals surface area contributed by atoms with Crippen molar-refractivity contribution in [2.24, 2.45) is 0 Å². The maximum atomic E-state index is 13.7. The van der Waals surface area contributed by atoms with E-state index < -0.39 is 11.9 Å². The Morgan fingerprint density at radius 1 is 1.12 bits per heavy atom. The molecule has 3 nitrogen and oxygen atoms in total. The zero-order chi connectivity index (χ0) is 17.5. The Labute approximate surface area is 142 Å². The summed E-state index contributed by atoms with van der Waals surface area (Å²) >= 11 is 0. The largest absolute Gasteiger partial charge is 0.478 e. The van der Waals surface area contributed by atoms with Crippen LogP contribution in [-0.4, -0.2) is 12.0 Å². The number of benzene rings is 2. The Morgan fingerprint density at radius 2 is 1.79 bits per heavy atom. The van der Waals surface area contributed by atoms with Crippen molar-refractivity contribution in [1.29, 1.82) is 0 Å². The lowest BCUT2D eigenvalue weighted by Crippen LogP contribution is -2.39. The molecule has 0 aliphatic heterocycles. The molecule has 0 unspecified atom stereocenters. The monoisotopic (exact) mass is 329 g/mol. The average Bonchev–Trinajstić information content (AvgIpc) is 2.61. The highest BCUT2D eigenvalue weighted by molar-refractivity contribution is 5.81. The molecule has 24 heavy (non-hydrogen) atoms. The molecule has 0 aliphatic carbocycles. The van der Waals surface area contributed by atoms with Gasteiger partial charge in [-0.3, -0.25) is 4.79 Å². The zero-order valence-corrected chi connectivity index (χ0v) is 14.4. The molecule has 0 fully saturated rings. The van der Waals surface area contributed by atoms with Crippen molar-refractivity contribution in [3.63, 3.8) is 0 Å². The maximum absolute atomic E-state index is 13.7. The summed E-state index contributed by atoms with van der Waals surface area (Å²) in [5.74, 6) is -0.612. The van der Waals surface area contributed by atoms with E-state index in [1.165, 1.54) is 17.7 Å². The summed E-state index contributed by atoms with van der Waals surface area (Å²) in [5, 5.41) is 2.94. The number of aryl methyl sites for hydroxylation is 1. The number of amides is 1. The minimum Gasteiger partial charge on any atom is -0.478 e. The van der Waals surface area contributed by atoms with Gasteiger partial charge in [-0.15, -0.1) is 0 Å². The van der Waals surface area contributed by atoms with E-state index in [4.69, 9.17) is 4.74 Å². The second-order valence-corrected chi connectivity index (χ2v) is 5.77. The molecular weight excluding hydrogens is 305 g/mol. The molecule has 0 bridgehead atoms. The number of hydrogen-bond acceptors (Lipinski definition) is 2. The molecule has 0 saturated carbocycles. The van der Waals surface area contributed by atoms with Gasteiger partial charge in [-0.1, -0.05) is 50.2 Å². The molecule has 4 heteroatoms. The third-order valence-electron chi connectivity index (χ3n) is 4.02. The quantitative estimate of drug-likeness (QED) is 0.816. The van der Waals surface area contributed by atoms with E-state index in [0.29, 0.717) is 6.42 Å². The number of rotatable bonds is 7. The van der Waals surface area contributed by atoms with E-state index in [9.17, 15) is 9.18 Å². The first-order valence-electron chi connectivity index (χ1n) is 8.35. The van der Waals surface area contributed by atoms with Gasteiger partial charge in [-0.2, -0.15) is 0 Å². The predicted molar refractivity (Wildman–Crippen MR) is 93.5 cm³/mol. The Morgan fingerprint density at radius 3 is 2.38 bits per heavy atom. The van der Waals surface area contributed by atoms with Gasteiger partial charge in [0, 0.05) is 0 Å². The lowest BCUT2D eigenvalue weighted by Gasteiger charge is -2.21. The lowest BCUT2D eigenvalue weighted by atomic mass is 10.0. The Hall–Kier alpha value is -2.36. The van der Waals surface area contributed by atoms with Gasteiger partial charge < -0.3 is 10.1 Å². The van der Waals surface area contributed by atoms with Gasteiger partial charge >= 0.3 is 0 Å². The Bertz CT molecular complexity index is 670. The normalized spacial score (nSPS) is 13.2. The van der Waals surface area contributed by atoms with Gasteiger partial charge in [0.2, 0.25) is 0 Å². The fourth-order valence-corrected chi connectivity index (χ4v) is 2.45. The van der Waals surface area contributed by atoms with Crippen molar-refractivity contribution in [3.8, 4) is 5.75 Å². The van der Waals surface area contributed by atoms with Crippen LogP contribution < -0.4 is 10.1 Å². The minimum absolute atomic E-state index is 0.0967. The molecular formula is C20H24FNO2. The smallest absolute Gasteiger partial charge is 0.261 e. The molecule has 0 aromatic heterocycles. The van der Waals surface area contributed by atoms with Crippen LogP contribution in [0.4, 0.5) is 4.39 Å². The molecule has 2 rings (SSSR count). The van der Waals surface area contributed by atoms with E-state index in [2.05, 4.69) is 24.4 Å². The van der Waals surface area contributed by atoms with Crippen LogP contribution >= 0.6 is 0 Å². The minimum atomic E-state index is -0.723. The van der Waals surface area contributed by atoms with E-state index in [-0.39, 0.29) is 17.7 Å². The molecule has 0 radical (unpaired) electrons. The van der Waals surface area contributed by atoms with Crippen molar-refractivity contribution in [3.05, 3.63) is 65.5 Å². The zero-order valence-electron chi connectivity index (χ0n) is 14.4. The van der Waals surface area contributed by atoms with Crippen LogP contribution in [0, 0.1) is 5.82 Å². The maximum Gasteiger partial charge on any atom is 0.261 e. The third kappa shape index (κ3) is 4.57. The molecule has 128 valence electrons. The molecule has 0 spiro atoms. The van der Waals surface area contributed by atoms with Gasteiger partial charge in [0.1, 0.15) is 0 Å². The number of carbonyl (C=O) groups is 1. The number of ether oxygens (including phenoxy) is 1. The summed E-state index contributed by atoms with van der Waals surface area (Å²) in [7, 11) is 0. The van der Waals surface area contributed by atoms with Crippen LogP contribution in [0.3, 0.4) is 0 Å². The standard InChI is InChI=1S/C20H24FNO2/c1-4-15-10-12-16(13-11-15)14(3)22-20(23)18(5-2)24-19-9-7-6-8-17(19)21/h6-14,18H,4-5H2,1-3H3,(H,22,23)/t14-,18+/m0/s1. The van der Waals surface area contributed by atoms with E-state index in [0.717, 1.165) is 12.0 Å². The number of para-hydroxylation sites is 1. The van der Waals surface area contributed by atoms with Crippen LogP contribution in [0.25, 0.3) is 0 Å². The molecule has 0 aliphatic rings. The molecule has 1 N–H and O–H groups in total. The van der Waals surface area contributed by atoms with E-state index in [1.807, 2.05) is 26.0 Å². The van der Waals surface area contributed by atoms with Gasteiger partial charge in [0.05, 0.1) is 6.04 Å². The molecule has 0 saturated heterocycles. The van der Waals surface area contributed by atoms with Gasteiger partial charge in [-0.25, -0.2) is 4.39 Å². The van der Waals surface area contributed by atoms with Crippen LogP contribution in [0.5, 0.6) is 5.75 Å². The molecule has 0 heterocycles. The first-order chi connectivity index (χ1) is 11.5. The van der Waals surface area contributed by atoms with Crippen LogP contribution in [0.15, 0.2) is 48.5 Å². The Kier molecular flexibility index (Phi) is 6.36. The Balaban J connectivity index is 2.01. The van der Waals surface area contributed by atoms with E-state index >= 15 is 0 Å². The van der Waals surface area contributed by atoms with Crippen molar-refractivity contribution in [2.45, 2.75) is 45.8 Å². The first kappa shape index (κ1) is 18.0. The number of carbonyl (C=O) groups excluding carboxylic acids is 1. The third-order valence-corrected chi connectivity index (χ3v) is 4.02. The SMILES string of the molecule is CCc1ccc([C@H](C)NC(=O)[C@@H](CC)Oc2ccccc2F)cc1. The number of nitrogens with one attached hydrogen (secondary N) is 1. The predicted octanol–water partition coefficient (Wildman–Crippen LogP) is 4.42. The second kappa shape index (κ2) is 8.48. The molecule has 2 aromatic rings. The van der Waals surface area contributed by atoms with Crippen LogP contribution in [0.2, 0.25) is 0 Å². The van der Waals surface area contributed by atoms with Crippen LogP contribution in [0.1, 0.15) is 44.4 Å². The molecule has 2 aromatic carbocycles. The van der Waals surface area contributed by atoms with Crippen molar-refractivity contribution in [2.75, 3.05) is 0 Å². The summed E-state index contributed by atoms with van der Waals surface area (Å²) in [5.41, 5.74) is 2.29. The van der Waals surface area contributed by atoms with E-state index in [1.54, 1.807) is 12.1 Å². The van der Waals surface area contributed by atoms with Gasteiger partial charge in [0.25, 0.3) is 5.91 Å². The number of hydrogen-bond donors (Lipinski definition) is 1. The van der Waals surface area contributed by atoms with Crippen LogP contribution in [-0.2, 0) is 11.2 Å². The fraction of sp³-hybridized carbons (Fsp3) is 0.350. The summed E-state index contributed by atoms with van der Waals surface area (Å²) in [4.78, 5) is 12.4. The fourth-order valence-electron chi connectivity index (χ4n) is 2.45. The summed E-state index contributed by atoms with van der Waals surface area (Å²) in [6, 6.07) is 14.1. The van der Waals surface area contributed by atoms with Gasteiger partial charge in [-0.05, 0) is 43.0 Å². The number of halogens is 1. The average molecular weight is 329 g/mol. The molecule has 1 amide bonds. The summed E-state index contributed by atoms with van der Waals surface area (Å²) in [6.07, 6.45) is 0.719. The van der Waals surface area contributed by atoms with Crippen molar-refractivity contribution >= 4 is 5.91 Å². The summed E-state index contributed by atoms with van der Waals surface area (Å²) in [6.45, 7) is 5.87. The first-order valence-corrected chi connectivity index (χ1v) is 8.35. The van der Waals surface area contributed by atoms with Crippen molar-refractivity contribution < 1.29 is 13.9 Å². The molecule has 2 atom stereocenters. The lowest BCUT2D eigenvalue weighted by molar-refractivity contribution is -0.128. The topological polar surface area (TPSA) is 38.3 Å². The highest BCUT2D eigenvalue weighted by Gasteiger charge is 2.21. The highest BCUT2D eigenvalue weighted by Crippen LogP contribution is 2.19. The van der Waals surface area contributed by atoms with Gasteiger partial charge in [0.15, 0.2) is 17.7 Å². The second-order valence-electron chi connectivity index (χ2n) is 5.77. The highest BCUT2D eigenvalue weighted by atomic mass is 19.1.